The van der Waals surface area contributed by atoms with E-state index in [0.717, 1.165) is 60.3 Å². The molecule has 184 valence electrons. The zero-order valence-corrected chi connectivity index (χ0v) is 20.9. The van der Waals surface area contributed by atoms with Crippen molar-refractivity contribution in [1.82, 2.24) is 20.1 Å². The van der Waals surface area contributed by atoms with E-state index >= 15 is 0 Å². The second-order valence-electron chi connectivity index (χ2n) is 9.35. The maximum absolute atomic E-state index is 9.27. The molecule has 2 aromatic heterocycles. The van der Waals surface area contributed by atoms with E-state index in [9.17, 15) is 5.41 Å². The Hall–Kier alpha value is -3.97. The molecule has 1 atom stereocenters. The van der Waals surface area contributed by atoms with Gasteiger partial charge < -0.3 is 16.0 Å². The van der Waals surface area contributed by atoms with E-state index < -0.39 is 0 Å². The first-order chi connectivity index (χ1) is 17.6. The molecule has 0 saturated carbocycles. The fourth-order valence-corrected chi connectivity index (χ4v) is 4.82. The Kier molecular flexibility index (Phi) is 7.09. The van der Waals surface area contributed by atoms with Crippen LogP contribution >= 0.6 is 0 Å². The van der Waals surface area contributed by atoms with Crippen LogP contribution in [0.15, 0.2) is 73.2 Å². The van der Waals surface area contributed by atoms with Gasteiger partial charge >= 0.3 is 0 Å². The maximum Gasteiger partial charge on any atom is 0.137 e. The maximum atomic E-state index is 9.27. The van der Waals surface area contributed by atoms with Gasteiger partial charge in [-0.15, -0.1) is 0 Å². The highest BCUT2D eigenvalue weighted by molar-refractivity contribution is 6.18. The summed E-state index contributed by atoms with van der Waals surface area (Å²) >= 11 is 0. The zero-order valence-electron chi connectivity index (χ0n) is 20.9. The fraction of sp³-hybridized carbons (Fsp3) is 0.276. The highest BCUT2D eigenvalue weighted by atomic mass is 15.2. The van der Waals surface area contributed by atoms with Crippen LogP contribution in [0.3, 0.4) is 0 Å². The number of rotatable bonds is 8. The van der Waals surface area contributed by atoms with Gasteiger partial charge in [-0.05, 0) is 36.9 Å². The van der Waals surface area contributed by atoms with Crippen LogP contribution in [-0.4, -0.2) is 46.7 Å². The number of benzene rings is 2. The highest BCUT2D eigenvalue weighted by Crippen LogP contribution is 2.36. The molecule has 1 fully saturated rings. The van der Waals surface area contributed by atoms with E-state index in [1.54, 1.807) is 4.68 Å². The third-order valence-corrected chi connectivity index (χ3v) is 6.72. The first kappa shape index (κ1) is 23.8. The Morgan fingerprint density at radius 1 is 1.08 bits per heavy atom. The molecule has 0 spiro atoms. The van der Waals surface area contributed by atoms with Gasteiger partial charge in [0.2, 0.25) is 0 Å². The molecule has 7 nitrogen and oxygen atoms in total. The van der Waals surface area contributed by atoms with Gasteiger partial charge in [0.25, 0.3) is 0 Å². The van der Waals surface area contributed by atoms with E-state index in [1.165, 1.54) is 11.1 Å². The summed E-state index contributed by atoms with van der Waals surface area (Å²) in [4.78, 5) is 4.71. The largest absolute Gasteiger partial charge is 0.380 e. The zero-order chi connectivity index (χ0) is 24.9. The summed E-state index contributed by atoms with van der Waals surface area (Å²) in [5.41, 5.74) is 7.43. The number of nitrogens with one attached hydrogen (secondary N) is 4. The average molecular weight is 480 g/mol. The van der Waals surface area contributed by atoms with Crippen LogP contribution in [0, 0.1) is 5.41 Å². The summed E-state index contributed by atoms with van der Waals surface area (Å²) in [6.45, 7) is 1.94. The SMILES string of the molecule is CNc1ncc(-c2cnn(C)c2)c(NC2CCCNC2)c1C(=N)c1ccc(Cc2ccccc2)cc1. The quantitative estimate of drug-likeness (QED) is 0.275. The van der Waals surface area contributed by atoms with Crippen molar-refractivity contribution < 1.29 is 0 Å². The van der Waals surface area contributed by atoms with E-state index in [4.69, 9.17) is 4.98 Å². The summed E-state index contributed by atoms with van der Waals surface area (Å²) in [7, 11) is 3.77. The fourth-order valence-electron chi connectivity index (χ4n) is 4.82. The molecule has 5 rings (SSSR count). The predicted molar refractivity (Wildman–Crippen MR) is 147 cm³/mol. The Labute approximate surface area is 212 Å². The molecular formula is C29H33N7. The highest BCUT2D eigenvalue weighted by Gasteiger charge is 2.24. The van der Waals surface area contributed by atoms with Crippen LogP contribution in [0.1, 0.15) is 35.1 Å². The van der Waals surface area contributed by atoms with Crippen molar-refractivity contribution in [3.05, 3.63) is 95.4 Å². The molecule has 36 heavy (non-hydrogen) atoms. The molecule has 0 aliphatic carbocycles. The number of piperidine rings is 1. The summed E-state index contributed by atoms with van der Waals surface area (Å²) in [5.74, 6) is 0.687. The normalized spacial score (nSPS) is 15.4. The minimum atomic E-state index is 0.279. The van der Waals surface area contributed by atoms with Crippen molar-refractivity contribution in [2.45, 2.75) is 25.3 Å². The summed E-state index contributed by atoms with van der Waals surface area (Å²) < 4.78 is 1.80. The first-order valence-electron chi connectivity index (χ1n) is 12.5. The van der Waals surface area contributed by atoms with Crippen molar-refractivity contribution in [3.8, 4) is 11.1 Å². The lowest BCUT2D eigenvalue weighted by atomic mass is 9.94. The third kappa shape index (κ3) is 5.16. The number of hydrogen-bond donors (Lipinski definition) is 4. The number of nitrogens with zero attached hydrogens (tertiary/aromatic N) is 3. The van der Waals surface area contributed by atoms with E-state index in [2.05, 4.69) is 57.4 Å². The van der Waals surface area contributed by atoms with Crippen LogP contribution in [0.25, 0.3) is 11.1 Å². The number of hydrogen-bond acceptors (Lipinski definition) is 6. The van der Waals surface area contributed by atoms with Gasteiger partial charge in [-0.2, -0.15) is 5.10 Å². The molecule has 2 aromatic carbocycles. The van der Waals surface area contributed by atoms with Gasteiger partial charge in [-0.3, -0.25) is 10.1 Å². The lowest BCUT2D eigenvalue weighted by Gasteiger charge is -2.28. The summed E-state index contributed by atoms with van der Waals surface area (Å²) in [6.07, 6.45) is 8.80. The van der Waals surface area contributed by atoms with Gasteiger partial charge in [-0.25, -0.2) is 4.98 Å². The van der Waals surface area contributed by atoms with Crippen molar-refractivity contribution in [2.75, 3.05) is 30.8 Å². The topological polar surface area (TPSA) is 90.7 Å². The first-order valence-corrected chi connectivity index (χ1v) is 12.5. The van der Waals surface area contributed by atoms with E-state index in [-0.39, 0.29) is 6.04 Å². The Morgan fingerprint density at radius 2 is 1.86 bits per heavy atom. The molecule has 1 unspecified atom stereocenters. The van der Waals surface area contributed by atoms with Crippen LogP contribution < -0.4 is 16.0 Å². The van der Waals surface area contributed by atoms with Crippen LogP contribution in [-0.2, 0) is 13.5 Å². The van der Waals surface area contributed by atoms with Gasteiger partial charge in [0.15, 0.2) is 0 Å². The van der Waals surface area contributed by atoms with Crippen molar-refractivity contribution in [3.63, 3.8) is 0 Å². The Bertz CT molecular complexity index is 1320. The molecule has 0 bridgehead atoms. The standard InChI is InChI=1S/C29H33N7/c1-31-29-26(27(30)22-12-10-21(11-13-22)15-20-7-4-3-5-8-20)28(35-24-9-6-14-32-17-24)25(18-33-29)23-16-34-36(2)19-23/h3-5,7-8,10-13,16,18-19,24,30,32H,6,9,14-15,17H2,1-2H3,(H2,31,33,35). The van der Waals surface area contributed by atoms with Crippen molar-refractivity contribution >= 4 is 17.2 Å². The van der Waals surface area contributed by atoms with Crippen LogP contribution in [0.4, 0.5) is 11.5 Å². The molecule has 1 saturated heterocycles. The minimum Gasteiger partial charge on any atom is -0.380 e. The van der Waals surface area contributed by atoms with Gasteiger partial charge in [0, 0.05) is 55.8 Å². The Morgan fingerprint density at radius 3 is 2.53 bits per heavy atom. The smallest absolute Gasteiger partial charge is 0.137 e. The molecule has 0 radical (unpaired) electrons. The molecule has 7 heteroatoms. The number of pyridine rings is 1. The lowest BCUT2D eigenvalue weighted by Crippen LogP contribution is -2.39. The van der Waals surface area contributed by atoms with Crippen molar-refractivity contribution in [2.24, 2.45) is 7.05 Å². The third-order valence-electron chi connectivity index (χ3n) is 6.72. The minimum absolute atomic E-state index is 0.279. The number of aryl methyl sites for hydroxylation is 1. The monoisotopic (exact) mass is 479 g/mol. The molecule has 4 aromatic rings. The second-order valence-corrected chi connectivity index (χ2v) is 9.35. The molecule has 3 heterocycles. The van der Waals surface area contributed by atoms with E-state index in [0.29, 0.717) is 11.5 Å². The van der Waals surface area contributed by atoms with Gasteiger partial charge in [0.1, 0.15) is 5.82 Å². The molecular weight excluding hydrogens is 446 g/mol. The van der Waals surface area contributed by atoms with Crippen LogP contribution in [0.5, 0.6) is 0 Å². The molecule has 1 aliphatic heterocycles. The van der Waals surface area contributed by atoms with Crippen LogP contribution in [0.2, 0.25) is 0 Å². The van der Waals surface area contributed by atoms with E-state index in [1.807, 2.05) is 50.9 Å². The average Bonchev–Trinajstić information content (AvgIpc) is 3.35. The summed E-state index contributed by atoms with van der Waals surface area (Å²) in [5, 5.41) is 24.1. The predicted octanol–water partition coefficient (Wildman–Crippen LogP) is 4.69. The number of anilines is 2. The van der Waals surface area contributed by atoms with Crippen molar-refractivity contribution in [1.29, 1.82) is 5.41 Å². The summed E-state index contributed by atoms with van der Waals surface area (Å²) in [6, 6.07) is 19.1. The molecule has 4 N–H and O–H groups in total. The molecule has 1 aliphatic rings. The number of aromatic nitrogens is 3. The van der Waals surface area contributed by atoms with Gasteiger partial charge in [-0.1, -0.05) is 54.6 Å². The second kappa shape index (κ2) is 10.7. The van der Waals surface area contributed by atoms with Gasteiger partial charge in [0.05, 0.1) is 23.2 Å². The Balaban J connectivity index is 1.53. The molecule has 0 amide bonds. The lowest BCUT2D eigenvalue weighted by molar-refractivity contribution is 0.480.